The Labute approximate surface area is 192 Å². The Bertz CT molecular complexity index is 713. The predicted octanol–water partition coefficient (Wildman–Crippen LogP) is 1.38. The van der Waals surface area contributed by atoms with E-state index in [0.717, 1.165) is 36.9 Å². The first-order valence-electron chi connectivity index (χ1n) is 11.4. The standard InChI is InChI=1S/C24H40N4O4/c1-6-18(2)23(24(31)28(5)14-15-29)27-16-19(3)32-21-12-8-7-10-20(21)11-9-13-26-22(30)17-25-4/h7-8,10,12,15,18-19,23,25,27H,6,9,11,13-14,16-17H2,1-5H3,(H,26,30)/t18?,19-,23?/m1/s1. The van der Waals surface area contributed by atoms with E-state index in [0.29, 0.717) is 19.6 Å². The van der Waals surface area contributed by atoms with Crippen LogP contribution in [0.3, 0.4) is 0 Å². The van der Waals surface area contributed by atoms with Crippen molar-refractivity contribution in [1.82, 2.24) is 20.9 Å². The maximum absolute atomic E-state index is 12.7. The second kappa shape index (κ2) is 15.4. The summed E-state index contributed by atoms with van der Waals surface area (Å²) in [4.78, 5) is 36.5. The summed E-state index contributed by atoms with van der Waals surface area (Å²) in [6.07, 6.45) is 3.04. The van der Waals surface area contributed by atoms with Gasteiger partial charge in [0.15, 0.2) is 0 Å². The lowest BCUT2D eigenvalue weighted by molar-refractivity contribution is -0.135. The van der Waals surface area contributed by atoms with E-state index in [1.54, 1.807) is 14.1 Å². The van der Waals surface area contributed by atoms with Crippen molar-refractivity contribution in [3.05, 3.63) is 29.8 Å². The van der Waals surface area contributed by atoms with Gasteiger partial charge in [-0.3, -0.25) is 9.59 Å². The summed E-state index contributed by atoms with van der Waals surface area (Å²) in [5.74, 6) is 0.849. The van der Waals surface area contributed by atoms with Crippen LogP contribution in [0.5, 0.6) is 5.75 Å². The molecular formula is C24H40N4O4. The van der Waals surface area contributed by atoms with E-state index in [1.165, 1.54) is 4.90 Å². The number of nitrogens with zero attached hydrogens (tertiary/aromatic N) is 1. The first kappa shape index (κ1) is 27.6. The van der Waals surface area contributed by atoms with Gasteiger partial charge in [0.25, 0.3) is 0 Å². The normalized spacial score (nSPS) is 13.7. The molecule has 3 atom stereocenters. The maximum atomic E-state index is 12.7. The lowest BCUT2D eigenvalue weighted by Gasteiger charge is -2.29. The van der Waals surface area contributed by atoms with Gasteiger partial charge >= 0.3 is 0 Å². The highest BCUT2D eigenvalue weighted by Crippen LogP contribution is 2.21. The van der Waals surface area contributed by atoms with E-state index in [4.69, 9.17) is 4.74 Å². The molecule has 0 heterocycles. The summed E-state index contributed by atoms with van der Waals surface area (Å²) in [6.45, 7) is 7.56. The fourth-order valence-corrected chi connectivity index (χ4v) is 3.31. The average molecular weight is 449 g/mol. The van der Waals surface area contributed by atoms with Gasteiger partial charge in [0, 0.05) is 20.1 Å². The van der Waals surface area contributed by atoms with Crippen LogP contribution in [-0.4, -0.2) is 75.4 Å². The van der Waals surface area contributed by atoms with Crippen molar-refractivity contribution in [2.75, 3.05) is 40.3 Å². The molecule has 1 aromatic rings. The SMILES string of the molecule is CCC(C)C(NC[C@@H](C)Oc1ccccc1CCCNC(=O)CNC)C(=O)N(C)CC=O. The van der Waals surface area contributed by atoms with E-state index >= 15 is 0 Å². The zero-order valence-electron chi connectivity index (χ0n) is 20.1. The van der Waals surface area contributed by atoms with Crippen molar-refractivity contribution >= 4 is 18.1 Å². The van der Waals surface area contributed by atoms with Gasteiger partial charge in [0.05, 0.1) is 19.1 Å². The number of para-hydroxylation sites is 1. The minimum absolute atomic E-state index is 0.0130. The third-order valence-electron chi connectivity index (χ3n) is 5.41. The van der Waals surface area contributed by atoms with Crippen molar-refractivity contribution in [2.24, 2.45) is 5.92 Å². The molecule has 0 aromatic heterocycles. The first-order valence-corrected chi connectivity index (χ1v) is 11.4. The Hall–Kier alpha value is -2.45. The zero-order valence-corrected chi connectivity index (χ0v) is 20.1. The summed E-state index contributed by atoms with van der Waals surface area (Å²) in [7, 11) is 3.39. The number of aryl methyl sites for hydroxylation is 1. The fraction of sp³-hybridized carbons (Fsp3) is 0.625. The molecule has 0 aliphatic carbocycles. The highest BCUT2D eigenvalue weighted by molar-refractivity contribution is 5.83. The van der Waals surface area contributed by atoms with Crippen LogP contribution in [0.25, 0.3) is 0 Å². The molecule has 0 aliphatic heterocycles. The van der Waals surface area contributed by atoms with Crippen LogP contribution in [0.15, 0.2) is 24.3 Å². The Morgan fingerprint density at radius 2 is 1.94 bits per heavy atom. The number of carbonyl (C=O) groups is 3. The highest BCUT2D eigenvalue weighted by Gasteiger charge is 2.27. The van der Waals surface area contributed by atoms with Crippen LogP contribution in [0.1, 0.15) is 39.2 Å². The number of ether oxygens (including phenoxy) is 1. The van der Waals surface area contributed by atoms with E-state index in [1.807, 2.05) is 45.0 Å². The molecule has 1 rings (SSSR count). The van der Waals surface area contributed by atoms with Crippen molar-refractivity contribution < 1.29 is 19.1 Å². The van der Waals surface area contributed by atoms with Crippen molar-refractivity contribution in [3.63, 3.8) is 0 Å². The van der Waals surface area contributed by atoms with Crippen molar-refractivity contribution in [3.8, 4) is 5.75 Å². The lowest BCUT2D eigenvalue weighted by atomic mass is 9.97. The maximum Gasteiger partial charge on any atom is 0.240 e. The van der Waals surface area contributed by atoms with Crippen LogP contribution >= 0.6 is 0 Å². The number of likely N-dealkylation sites (N-methyl/N-ethyl adjacent to an activating group) is 2. The number of rotatable bonds is 16. The Morgan fingerprint density at radius 1 is 1.22 bits per heavy atom. The van der Waals surface area contributed by atoms with E-state index in [-0.39, 0.29) is 36.4 Å². The van der Waals surface area contributed by atoms with E-state index in [2.05, 4.69) is 16.0 Å². The number of nitrogens with one attached hydrogen (secondary N) is 3. The predicted molar refractivity (Wildman–Crippen MR) is 127 cm³/mol. The van der Waals surface area contributed by atoms with Crippen LogP contribution in [0.2, 0.25) is 0 Å². The highest BCUT2D eigenvalue weighted by atomic mass is 16.5. The molecule has 180 valence electrons. The minimum Gasteiger partial charge on any atom is -0.489 e. The molecule has 0 saturated heterocycles. The van der Waals surface area contributed by atoms with Crippen molar-refractivity contribution in [2.45, 2.75) is 52.2 Å². The number of amides is 2. The lowest BCUT2D eigenvalue weighted by Crippen LogP contribution is -2.51. The molecule has 0 spiro atoms. The van der Waals surface area contributed by atoms with E-state index < -0.39 is 0 Å². The number of benzene rings is 1. The summed E-state index contributed by atoms with van der Waals surface area (Å²) in [5.41, 5.74) is 1.09. The molecule has 8 heteroatoms. The van der Waals surface area contributed by atoms with E-state index in [9.17, 15) is 14.4 Å². The Morgan fingerprint density at radius 3 is 2.59 bits per heavy atom. The smallest absolute Gasteiger partial charge is 0.240 e. The van der Waals surface area contributed by atoms with Crippen LogP contribution in [-0.2, 0) is 20.8 Å². The molecule has 1 aromatic carbocycles. The molecule has 2 unspecified atom stereocenters. The summed E-state index contributed by atoms with van der Waals surface area (Å²) >= 11 is 0. The van der Waals surface area contributed by atoms with Crippen LogP contribution < -0.4 is 20.7 Å². The fourth-order valence-electron chi connectivity index (χ4n) is 3.31. The topological polar surface area (TPSA) is 99.8 Å². The Kier molecular flexibility index (Phi) is 13.2. The average Bonchev–Trinajstić information content (AvgIpc) is 2.77. The number of hydrogen-bond donors (Lipinski definition) is 3. The van der Waals surface area contributed by atoms with Gasteiger partial charge in [-0.15, -0.1) is 0 Å². The minimum atomic E-state index is -0.368. The van der Waals surface area contributed by atoms with Gasteiger partial charge in [-0.25, -0.2) is 0 Å². The van der Waals surface area contributed by atoms with Crippen LogP contribution in [0.4, 0.5) is 0 Å². The molecule has 0 fully saturated rings. The summed E-state index contributed by atoms with van der Waals surface area (Å²) < 4.78 is 6.17. The second-order valence-corrected chi connectivity index (χ2v) is 8.18. The molecule has 0 bridgehead atoms. The summed E-state index contributed by atoms with van der Waals surface area (Å²) in [5, 5.41) is 9.05. The number of carbonyl (C=O) groups excluding carboxylic acids is 3. The van der Waals surface area contributed by atoms with Gasteiger partial charge in [0.1, 0.15) is 18.1 Å². The molecular weight excluding hydrogens is 408 g/mol. The van der Waals surface area contributed by atoms with Crippen LogP contribution in [0, 0.1) is 5.92 Å². The number of hydrogen-bond acceptors (Lipinski definition) is 6. The quantitative estimate of drug-likeness (QED) is 0.261. The molecule has 0 saturated carbocycles. The Balaban J connectivity index is 2.63. The summed E-state index contributed by atoms with van der Waals surface area (Å²) in [6, 6.07) is 7.52. The van der Waals surface area contributed by atoms with Gasteiger partial charge in [-0.05, 0) is 44.4 Å². The molecule has 2 amide bonds. The van der Waals surface area contributed by atoms with Crippen molar-refractivity contribution in [1.29, 1.82) is 0 Å². The van der Waals surface area contributed by atoms with Gasteiger partial charge < -0.3 is 30.4 Å². The molecule has 0 aliphatic rings. The van der Waals surface area contributed by atoms with Gasteiger partial charge in [0.2, 0.25) is 11.8 Å². The molecule has 3 N–H and O–H groups in total. The van der Waals surface area contributed by atoms with Gasteiger partial charge in [-0.1, -0.05) is 38.5 Å². The first-order chi connectivity index (χ1) is 15.3. The molecule has 0 radical (unpaired) electrons. The second-order valence-electron chi connectivity index (χ2n) is 8.18. The third-order valence-corrected chi connectivity index (χ3v) is 5.41. The molecule has 8 nitrogen and oxygen atoms in total. The molecule has 32 heavy (non-hydrogen) atoms. The third kappa shape index (κ3) is 9.78. The number of aldehydes is 1. The largest absolute Gasteiger partial charge is 0.489 e. The van der Waals surface area contributed by atoms with Gasteiger partial charge in [-0.2, -0.15) is 0 Å². The zero-order chi connectivity index (χ0) is 23.9. The monoisotopic (exact) mass is 448 g/mol.